The lowest BCUT2D eigenvalue weighted by Crippen LogP contribution is -2.41. The molecule has 13 heavy (non-hydrogen) atoms. The van der Waals surface area contributed by atoms with E-state index in [1.54, 1.807) is 0 Å². The van der Waals surface area contributed by atoms with Crippen LogP contribution in [0.3, 0.4) is 0 Å². The second kappa shape index (κ2) is 5.19. The molecule has 1 aliphatic rings. The van der Waals surface area contributed by atoms with Gasteiger partial charge in [-0.05, 0) is 25.3 Å². The monoisotopic (exact) mass is 186 g/mol. The summed E-state index contributed by atoms with van der Waals surface area (Å²) in [6, 6.07) is 0. The first-order valence-electron chi connectivity index (χ1n) is 4.76. The lowest BCUT2D eigenvalue weighted by molar-refractivity contribution is -0.132. The number of likely N-dealkylation sites (tertiary alicyclic amines) is 1. The van der Waals surface area contributed by atoms with E-state index >= 15 is 0 Å². The minimum absolute atomic E-state index is 0.0587. The number of carbonyl (C=O) groups is 1. The molecule has 0 aromatic heterocycles. The van der Waals surface area contributed by atoms with Crippen molar-refractivity contribution < 1.29 is 9.63 Å². The summed E-state index contributed by atoms with van der Waals surface area (Å²) in [7, 11) is 1.46. The molecule has 0 bridgehead atoms. The van der Waals surface area contributed by atoms with E-state index in [2.05, 4.69) is 22.1 Å². The first kappa shape index (κ1) is 10.5. The topological polar surface area (TPSA) is 41.6 Å². The summed E-state index contributed by atoms with van der Waals surface area (Å²) in [6.45, 7) is 4.73. The lowest BCUT2D eigenvalue weighted by Gasteiger charge is -2.29. The number of piperidine rings is 1. The van der Waals surface area contributed by atoms with E-state index in [1.165, 1.54) is 20.0 Å². The van der Waals surface area contributed by atoms with Crippen molar-refractivity contribution in [2.75, 3.05) is 26.7 Å². The third-order valence-electron chi connectivity index (χ3n) is 2.32. The third kappa shape index (κ3) is 3.74. The van der Waals surface area contributed by atoms with Crippen molar-refractivity contribution in [2.24, 2.45) is 5.92 Å². The highest BCUT2D eigenvalue weighted by Crippen LogP contribution is 2.14. The Balaban J connectivity index is 2.23. The van der Waals surface area contributed by atoms with E-state index in [-0.39, 0.29) is 5.91 Å². The fraction of sp³-hybridized carbons (Fsp3) is 0.889. The maximum Gasteiger partial charge on any atom is 0.257 e. The summed E-state index contributed by atoms with van der Waals surface area (Å²) in [5.41, 5.74) is 2.33. The van der Waals surface area contributed by atoms with Crippen LogP contribution in [0.4, 0.5) is 0 Å². The molecule has 4 nitrogen and oxygen atoms in total. The predicted molar refractivity (Wildman–Crippen MR) is 50.0 cm³/mol. The summed E-state index contributed by atoms with van der Waals surface area (Å²) in [6.07, 6.45) is 2.48. The van der Waals surface area contributed by atoms with Crippen LogP contribution in [0.1, 0.15) is 19.8 Å². The SMILES string of the molecule is CONC(=O)CN1CCC[C@H](C)C1. The average Bonchev–Trinajstić information content (AvgIpc) is 2.04. The van der Waals surface area contributed by atoms with E-state index in [1.807, 2.05) is 0 Å². The Kier molecular flexibility index (Phi) is 4.18. The molecule has 0 radical (unpaired) electrons. The molecule has 0 unspecified atom stereocenters. The van der Waals surface area contributed by atoms with Crippen LogP contribution in [-0.2, 0) is 9.63 Å². The molecule has 1 heterocycles. The molecule has 1 fully saturated rings. The van der Waals surface area contributed by atoms with Crippen LogP contribution >= 0.6 is 0 Å². The van der Waals surface area contributed by atoms with Gasteiger partial charge in [-0.15, -0.1) is 0 Å². The second-order valence-corrected chi connectivity index (χ2v) is 3.71. The van der Waals surface area contributed by atoms with Gasteiger partial charge in [0.1, 0.15) is 0 Å². The highest BCUT2D eigenvalue weighted by atomic mass is 16.6. The Morgan fingerprint density at radius 2 is 2.46 bits per heavy atom. The van der Waals surface area contributed by atoms with Gasteiger partial charge in [-0.1, -0.05) is 6.92 Å². The molecule has 1 aliphatic heterocycles. The Bertz CT molecular complexity index is 173. The van der Waals surface area contributed by atoms with Crippen LogP contribution in [0.25, 0.3) is 0 Å². The smallest absolute Gasteiger partial charge is 0.257 e. The molecule has 0 aromatic carbocycles. The molecule has 4 heteroatoms. The summed E-state index contributed by atoms with van der Waals surface area (Å²) in [4.78, 5) is 17.9. The Morgan fingerprint density at radius 3 is 3.08 bits per heavy atom. The van der Waals surface area contributed by atoms with Gasteiger partial charge in [0.2, 0.25) is 0 Å². The van der Waals surface area contributed by atoms with Crippen LogP contribution in [0.5, 0.6) is 0 Å². The van der Waals surface area contributed by atoms with Gasteiger partial charge in [0.05, 0.1) is 13.7 Å². The van der Waals surface area contributed by atoms with Crippen molar-refractivity contribution in [1.29, 1.82) is 0 Å². The van der Waals surface area contributed by atoms with Gasteiger partial charge >= 0.3 is 0 Å². The normalized spacial score (nSPS) is 24.3. The van der Waals surface area contributed by atoms with Crippen LogP contribution in [-0.4, -0.2) is 37.6 Å². The average molecular weight is 186 g/mol. The van der Waals surface area contributed by atoms with Gasteiger partial charge in [0.25, 0.3) is 5.91 Å². The molecule has 1 N–H and O–H groups in total. The zero-order chi connectivity index (χ0) is 9.68. The summed E-state index contributed by atoms with van der Waals surface area (Å²) < 4.78 is 0. The molecular formula is C9H18N2O2. The number of hydrogen-bond donors (Lipinski definition) is 1. The molecule has 0 spiro atoms. The van der Waals surface area contributed by atoms with E-state index in [0.29, 0.717) is 12.5 Å². The zero-order valence-corrected chi connectivity index (χ0v) is 8.38. The molecule has 0 aromatic rings. The number of hydrogen-bond acceptors (Lipinski definition) is 3. The molecule has 1 rings (SSSR count). The van der Waals surface area contributed by atoms with Gasteiger partial charge in [-0.2, -0.15) is 0 Å². The number of carbonyl (C=O) groups excluding carboxylic acids is 1. The standard InChI is InChI=1S/C9H18N2O2/c1-8-4-3-5-11(6-8)7-9(12)10-13-2/h8H,3-7H2,1-2H3,(H,10,12)/t8-/m0/s1. The Hall–Kier alpha value is -0.610. The molecule has 0 saturated carbocycles. The Morgan fingerprint density at radius 1 is 1.69 bits per heavy atom. The number of nitrogens with zero attached hydrogens (tertiary/aromatic N) is 1. The van der Waals surface area contributed by atoms with Crippen molar-refractivity contribution in [3.8, 4) is 0 Å². The van der Waals surface area contributed by atoms with E-state index in [4.69, 9.17) is 0 Å². The minimum Gasteiger partial charge on any atom is -0.294 e. The van der Waals surface area contributed by atoms with Gasteiger partial charge in [0, 0.05) is 6.54 Å². The fourth-order valence-corrected chi connectivity index (χ4v) is 1.78. The quantitative estimate of drug-likeness (QED) is 0.648. The van der Waals surface area contributed by atoms with Crippen molar-refractivity contribution in [3.63, 3.8) is 0 Å². The summed E-state index contributed by atoms with van der Waals surface area (Å²) in [5.74, 6) is 0.653. The number of nitrogens with one attached hydrogen (secondary N) is 1. The van der Waals surface area contributed by atoms with Crippen LogP contribution < -0.4 is 5.48 Å². The summed E-state index contributed by atoms with van der Waals surface area (Å²) >= 11 is 0. The third-order valence-corrected chi connectivity index (χ3v) is 2.32. The van der Waals surface area contributed by atoms with Crippen LogP contribution in [0.15, 0.2) is 0 Å². The van der Waals surface area contributed by atoms with Crippen molar-refractivity contribution >= 4 is 5.91 Å². The van der Waals surface area contributed by atoms with Crippen molar-refractivity contribution in [3.05, 3.63) is 0 Å². The van der Waals surface area contributed by atoms with E-state index in [9.17, 15) is 4.79 Å². The molecule has 76 valence electrons. The predicted octanol–water partition coefficient (Wildman–Crippen LogP) is 0.396. The van der Waals surface area contributed by atoms with Gasteiger partial charge in [-0.25, -0.2) is 5.48 Å². The maximum atomic E-state index is 11.1. The summed E-state index contributed by atoms with van der Waals surface area (Å²) in [5, 5.41) is 0. The zero-order valence-electron chi connectivity index (χ0n) is 8.38. The van der Waals surface area contributed by atoms with E-state index in [0.717, 1.165) is 13.1 Å². The number of hydroxylamine groups is 1. The fourth-order valence-electron chi connectivity index (χ4n) is 1.78. The number of rotatable bonds is 3. The first-order valence-corrected chi connectivity index (χ1v) is 4.76. The van der Waals surface area contributed by atoms with Gasteiger partial charge < -0.3 is 0 Å². The number of amides is 1. The van der Waals surface area contributed by atoms with Crippen molar-refractivity contribution in [2.45, 2.75) is 19.8 Å². The molecule has 0 aliphatic carbocycles. The molecule has 1 amide bonds. The Labute approximate surface area is 79.2 Å². The first-order chi connectivity index (χ1) is 6.22. The van der Waals surface area contributed by atoms with Crippen molar-refractivity contribution in [1.82, 2.24) is 10.4 Å². The van der Waals surface area contributed by atoms with Gasteiger partial charge in [-0.3, -0.25) is 14.5 Å². The van der Waals surface area contributed by atoms with Gasteiger partial charge in [0.15, 0.2) is 0 Å². The van der Waals surface area contributed by atoms with E-state index < -0.39 is 0 Å². The molecule has 1 atom stereocenters. The molecular weight excluding hydrogens is 168 g/mol. The van der Waals surface area contributed by atoms with Crippen LogP contribution in [0.2, 0.25) is 0 Å². The highest BCUT2D eigenvalue weighted by Gasteiger charge is 2.18. The maximum absolute atomic E-state index is 11.1. The largest absolute Gasteiger partial charge is 0.294 e. The molecule has 1 saturated heterocycles. The van der Waals surface area contributed by atoms with Crippen LogP contribution in [0, 0.1) is 5.92 Å². The lowest BCUT2D eigenvalue weighted by atomic mass is 10.0. The minimum atomic E-state index is -0.0587. The second-order valence-electron chi connectivity index (χ2n) is 3.71. The highest BCUT2D eigenvalue weighted by molar-refractivity contribution is 5.76.